The minimum Gasteiger partial charge on any atom is -0.363 e. The van der Waals surface area contributed by atoms with Crippen molar-refractivity contribution in [3.05, 3.63) is 63.6 Å². The van der Waals surface area contributed by atoms with Gasteiger partial charge in [0.15, 0.2) is 0 Å². The van der Waals surface area contributed by atoms with Crippen molar-refractivity contribution in [1.29, 1.82) is 0 Å². The van der Waals surface area contributed by atoms with Crippen molar-refractivity contribution in [2.75, 3.05) is 11.4 Å². The van der Waals surface area contributed by atoms with Gasteiger partial charge in [0.2, 0.25) is 0 Å². The minimum absolute atomic E-state index is 0.926. The van der Waals surface area contributed by atoms with Gasteiger partial charge in [-0.15, -0.1) is 0 Å². The number of halogens is 1. The summed E-state index contributed by atoms with van der Waals surface area (Å²) < 4.78 is 1.19. The van der Waals surface area contributed by atoms with Crippen molar-refractivity contribution in [2.45, 2.75) is 33.0 Å². The standard InChI is InChI=1S/C18H21BrN2/c1-2-9-20-11-14-7-8-17(10-18(14)19)21-12-15-5-3-4-6-16(15)13-21/h3-8,10,20H,2,9,11-13H2,1H3. The Bertz CT molecular complexity index is 599. The van der Waals surface area contributed by atoms with Crippen LogP contribution in [0.25, 0.3) is 0 Å². The predicted octanol–water partition coefficient (Wildman–Crippen LogP) is 4.47. The van der Waals surface area contributed by atoms with Crippen LogP contribution in [0.5, 0.6) is 0 Å². The highest BCUT2D eigenvalue weighted by Gasteiger charge is 2.18. The Hall–Kier alpha value is -1.32. The van der Waals surface area contributed by atoms with Crippen LogP contribution < -0.4 is 10.2 Å². The van der Waals surface area contributed by atoms with Crippen LogP contribution in [0.2, 0.25) is 0 Å². The zero-order valence-corrected chi connectivity index (χ0v) is 14.0. The molecule has 2 nitrogen and oxygen atoms in total. The maximum absolute atomic E-state index is 3.71. The van der Waals surface area contributed by atoms with Crippen LogP contribution in [0.15, 0.2) is 46.9 Å². The summed E-state index contributed by atoms with van der Waals surface area (Å²) in [6, 6.07) is 15.4. The van der Waals surface area contributed by atoms with E-state index in [1.165, 1.54) is 33.3 Å². The summed E-state index contributed by atoms with van der Waals surface area (Å²) in [5.74, 6) is 0. The summed E-state index contributed by atoms with van der Waals surface area (Å²) in [4.78, 5) is 2.43. The molecule has 0 spiro atoms. The van der Waals surface area contributed by atoms with Crippen molar-refractivity contribution >= 4 is 21.6 Å². The molecule has 2 aromatic carbocycles. The summed E-state index contributed by atoms with van der Waals surface area (Å²) in [5.41, 5.74) is 5.51. The van der Waals surface area contributed by atoms with Crippen molar-refractivity contribution in [1.82, 2.24) is 5.32 Å². The molecule has 0 saturated carbocycles. The fourth-order valence-electron chi connectivity index (χ4n) is 2.79. The van der Waals surface area contributed by atoms with Gasteiger partial charge in [0, 0.05) is 29.8 Å². The first kappa shape index (κ1) is 14.6. The number of fused-ring (bicyclic) bond motifs is 1. The molecule has 1 N–H and O–H groups in total. The van der Waals surface area contributed by atoms with Gasteiger partial charge in [-0.2, -0.15) is 0 Å². The largest absolute Gasteiger partial charge is 0.363 e. The van der Waals surface area contributed by atoms with E-state index in [1.54, 1.807) is 0 Å². The quantitative estimate of drug-likeness (QED) is 0.805. The molecule has 1 heterocycles. The molecule has 3 heteroatoms. The predicted molar refractivity (Wildman–Crippen MR) is 92.5 cm³/mol. The Balaban J connectivity index is 1.72. The van der Waals surface area contributed by atoms with E-state index < -0.39 is 0 Å². The number of anilines is 1. The Morgan fingerprint density at radius 2 is 1.81 bits per heavy atom. The van der Waals surface area contributed by atoms with E-state index in [1.807, 2.05) is 0 Å². The third-order valence-corrected chi connectivity index (χ3v) is 4.72. The molecule has 0 saturated heterocycles. The second kappa shape index (κ2) is 6.63. The van der Waals surface area contributed by atoms with Crippen LogP contribution in [-0.4, -0.2) is 6.54 Å². The third kappa shape index (κ3) is 3.30. The molecule has 0 amide bonds. The number of nitrogens with zero attached hydrogens (tertiary/aromatic N) is 1. The molecule has 0 aromatic heterocycles. The van der Waals surface area contributed by atoms with Crippen molar-refractivity contribution < 1.29 is 0 Å². The van der Waals surface area contributed by atoms with Gasteiger partial charge in [-0.3, -0.25) is 0 Å². The zero-order chi connectivity index (χ0) is 14.7. The van der Waals surface area contributed by atoms with E-state index in [4.69, 9.17) is 0 Å². The molecule has 0 unspecified atom stereocenters. The van der Waals surface area contributed by atoms with Crippen LogP contribution in [0.3, 0.4) is 0 Å². The lowest BCUT2D eigenvalue weighted by molar-refractivity contribution is 0.674. The highest BCUT2D eigenvalue weighted by molar-refractivity contribution is 9.10. The first-order valence-electron chi connectivity index (χ1n) is 7.59. The fourth-order valence-corrected chi connectivity index (χ4v) is 3.30. The lowest BCUT2D eigenvalue weighted by Crippen LogP contribution is -2.16. The maximum atomic E-state index is 3.71. The van der Waals surface area contributed by atoms with Gasteiger partial charge < -0.3 is 10.2 Å². The average molecular weight is 345 g/mol. The molecule has 2 aromatic rings. The second-order valence-corrected chi connectivity index (χ2v) is 6.43. The van der Waals surface area contributed by atoms with Gasteiger partial charge >= 0.3 is 0 Å². The summed E-state index contributed by atoms with van der Waals surface area (Å²) in [7, 11) is 0. The molecule has 0 aliphatic carbocycles. The Labute approximate surface area is 135 Å². The molecule has 0 radical (unpaired) electrons. The Morgan fingerprint density at radius 3 is 2.43 bits per heavy atom. The van der Waals surface area contributed by atoms with E-state index in [2.05, 4.69) is 75.5 Å². The number of hydrogen-bond donors (Lipinski definition) is 1. The Kier molecular flexibility index (Phi) is 4.61. The molecular weight excluding hydrogens is 324 g/mol. The van der Waals surface area contributed by atoms with Crippen LogP contribution in [0.4, 0.5) is 5.69 Å². The van der Waals surface area contributed by atoms with Crippen LogP contribution >= 0.6 is 15.9 Å². The molecule has 3 rings (SSSR count). The fraction of sp³-hybridized carbons (Fsp3) is 0.333. The first-order chi connectivity index (χ1) is 10.3. The number of benzene rings is 2. The molecule has 1 aliphatic rings. The molecular formula is C18H21BrN2. The van der Waals surface area contributed by atoms with Crippen molar-refractivity contribution in [2.24, 2.45) is 0 Å². The van der Waals surface area contributed by atoms with Gasteiger partial charge in [0.25, 0.3) is 0 Å². The van der Waals surface area contributed by atoms with Crippen molar-refractivity contribution in [3.63, 3.8) is 0 Å². The highest BCUT2D eigenvalue weighted by atomic mass is 79.9. The average Bonchev–Trinajstić information content (AvgIpc) is 2.93. The van der Waals surface area contributed by atoms with Gasteiger partial charge in [-0.1, -0.05) is 53.2 Å². The smallest absolute Gasteiger partial charge is 0.0436 e. The minimum atomic E-state index is 0.926. The van der Waals surface area contributed by atoms with Gasteiger partial charge in [-0.05, 0) is 41.8 Å². The normalized spacial score (nSPS) is 13.5. The van der Waals surface area contributed by atoms with Gasteiger partial charge in [-0.25, -0.2) is 0 Å². The molecule has 0 bridgehead atoms. The van der Waals surface area contributed by atoms with E-state index in [-0.39, 0.29) is 0 Å². The van der Waals surface area contributed by atoms with Crippen LogP contribution in [0, 0.1) is 0 Å². The van der Waals surface area contributed by atoms with Crippen LogP contribution in [0.1, 0.15) is 30.0 Å². The van der Waals surface area contributed by atoms with E-state index in [9.17, 15) is 0 Å². The maximum Gasteiger partial charge on any atom is 0.0436 e. The molecule has 0 fully saturated rings. The van der Waals surface area contributed by atoms with E-state index in [0.717, 1.165) is 26.2 Å². The molecule has 21 heavy (non-hydrogen) atoms. The van der Waals surface area contributed by atoms with Crippen LogP contribution in [-0.2, 0) is 19.6 Å². The lowest BCUT2D eigenvalue weighted by Gasteiger charge is -2.19. The number of nitrogens with one attached hydrogen (secondary N) is 1. The lowest BCUT2D eigenvalue weighted by atomic mass is 10.1. The van der Waals surface area contributed by atoms with Crippen molar-refractivity contribution in [3.8, 4) is 0 Å². The third-order valence-electron chi connectivity index (χ3n) is 3.98. The topological polar surface area (TPSA) is 15.3 Å². The molecule has 0 atom stereocenters. The summed E-state index contributed by atoms with van der Waals surface area (Å²) in [6.45, 7) is 6.20. The van der Waals surface area contributed by atoms with Gasteiger partial charge in [0.1, 0.15) is 0 Å². The number of hydrogen-bond acceptors (Lipinski definition) is 2. The zero-order valence-electron chi connectivity index (χ0n) is 12.4. The SMILES string of the molecule is CCCNCc1ccc(N2Cc3ccccc3C2)cc1Br. The summed E-state index contributed by atoms with van der Waals surface area (Å²) in [5, 5.41) is 3.45. The summed E-state index contributed by atoms with van der Waals surface area (Å²) >= 11 is 3.71. The van der Waals surface area contributed by atoms with Gasteiger partial charge in [0.05, 0.1) is 0 Å². The monoisotopic (exact) mass is 344 g/mol. The first-order valence-corrected chi connectivity index (χ1v) is 8.38. The molecule has 1 aliphatic heterocycles. The highest BCUT2D eigenvalue weighted by Crippen LogP contribution is 2.31. The molecule has 110 valence electrons. The van der Waals surface area contributed by atoms with E-state index >= 15 is 0 Å². The second-order valence-electron chi connectivity index (χ2n) is 5.58. The number of rotatable bonds is 5. The summed E-state index contributed by atoms with van der Waals surface area (Å²) in [6.07, 6.45) is 1.17. The Morgan fingerprint density at radius 1 is 1.10 bits per heavy atom. The van der Waals surface area contributed by atoms with E-state index in [0.29, 0.717) is 0 Å².